The molecule has 0 radical (unpaired) electrons. The van der Waals surface area contributed by atoms with Crippen LogP contribution in [-0.2, 0) is 0 Å². The molecule has 1 N–H and O–H groups in total. The molecule has 3 saturated carbocycles. The summed E-state index contributed by atoms with van der Waals surface area (Å²) in [5.41, 5.74) is 0.576. The first kappa shape index (κ1) is 14.8. The van der Waals surface area contributed by atoms with Crippen LogP contribution in [0.1, 0.15) is 71.1 Å². The van der Waals surface area contributed by atoms with Crippen molar-refractivity contribution in [1.29, 1.82) is 0 Å². The van der Waals surface area contributed by atoms with Gasteiger partial charge in [0.2, 0.25) is 0 Å². The van der Waals surface area contributed by atoms with Gasteiger partial charge in [-0.1, -0.05) is 32.6 Å². The summed E-state index contributed by atoms with van der Waals surface area (Å²) in [6.45, 7) is 5.06. The van der Waals surface area contributed by atoms with Crippen molar-refractivity contribution in [2.45, 2.75) is 83.2 Å². The van der Waals surface area contributed by atoms with E-state index in [4.69, 9.17) is 0 Å². The van der Waals surface area contributed by atoms with Crippen molar-refractivity contribution < 1.29 is 0 Å². The molecule has 20 heavy (non-hydrogen) atoms. The van der Waals surface area contributed by atoms with E-state index in [-0.39, 0.29) is 0 Å². The van der Waals surface area contributed by atoms with Crippen LogP contribution in [0.3, 0.4) is 0 Å². The molecule has 3 aliphatic rings. The summed E-state index contributed by atoms with van der Waals surface area (Å²) >= 11 is 0. The molecule has 3 rings (SSSR count). The summed E-state index contributed by atoms with van der Waals surface area (Å²) in [6, 6.07) is 1.75. The molecule has 0 aromatic heterocycles. The molecule has 3 fully saturated rings. The van der Waals surface area contributed by atoms with E-state index in [1.807, 2.05) is 0 Å². The van der Waals surface area contributed by atoms with Gasteiger partial charge in [-0.15, -0.1) is 0 Å². The Balaban J connectivity index is 1.57. The molecule has 0 atom stereocenters. The third-order valence-corrected chi connectivity index (χ3v) is 6.21. The van der Waals surface area contributed by atoms with Gasteiger partial charge in [0, 0.05) is 25.2 Å². The lowest BCUT2D eigenvalue weighted by atomic mass is 9.70. The Morgan fingerprint density at radius 1 is 1.00 bits per heavy atom. The molecule has 0 aromatic rings. The largest absolute Gasteiger partial charge is 0.313 e. The molecular formula is C18H34N2. The van der Waals surface area contributed by atoms with Crippen LogP contribution in [0.2, 0.25) is 0 Å². The maximum absolute atomic E-state index is 3.85. The fraction of sp³-hybridized carbons (Fsp3) is 1.00. The molecular weight excluding hydrogens is 244 g/mol. The average molecular weight is 278 g/mol. The molecule has 116 valence electrons. The van der Waals surface area contributed by atoms with E-state index < -0.39 is 0 Å². The summed E-state index contributed by atoms with van der Waals surface area (Å²) in [4.78, 5) is 2.72. The maximum atomic E-state index is 3.85. The normalized spacial score (nSPS) is 35.9. The van der Waals surface area contributed by atoms with E-state index in [2.05, 4.69) is 24.2 Å². The van der Waals surface area contributed by atoms with Gasteiger partial charge in [0.25, 0.3) is 0 Å². The van der Waals surface area contributed by atoms with Gasteiger partial charge < -0.3 is 10.2 Å². The topological polar surface area (TPSA) is 15.3 Å². The lowest BCUT2D eigenvalue weighted by Crippen LogP contribution is -2.47. The zero-order valence-electron chi connectivity index (χ0n) is 13.7. The molecule has 0 bridgehead atoms. The number of hydrogen-bond donors (Lipinski definition) is 1. The minimum Gasteiger partial charge on any atom is -0.313 e. The van der Waals surface area contributed by atoms with Crippen LogP contribution in [0.4, 0.5) is 0 Å². The lowest BCUT2D eigenvalue weighted by molar-refractivity contribution is 0.0791. The number of nitrogens with one attached hydrogen (secondary N) is 1. The van der Waals surface area contributed by atoms with Gasteiger partial charge in [-0.25, -0.2) is 0 Å². The Bertz CT molecular complexity index is 297. The fourth-order valence-corrected chi connectivity index (χ4v) is 4.42. The molecule has 0 heterocycles. The summed E-state index contributed by atoms with van der Waals surface area (Å²) in [5, 5.41) is 3.85. The fourth-order valence-electron chi connectivity index (χ4n) is 4.42. The van der Waals surface area contributed by atoms with Gasteiger partial charge in [-0.2, -0.15) is 0 Å². The lowest BCUT2D eigenvalue weighted by Gasteiger charge is -2.43. The van der Waals surface area contributed by atoms with E-state index in [9.17, 15) is 0 Å². The van der Waals surface area contributed by atoms with Crippen molar-refractivity contribution in [3.05, 3.63) is 0 Å². The molecule has 0 unspecified atom stereocenters. The highest BCUT2D eigenvalue weighted by atomic mass is 15.1. The third-order valence-electron chi connectivity index (χ3n) is 6.21. The molecule has 0 spiro atoms. The van der Waals surface area contributed by atoms with E-state index >= 15 is 0 Å². The van der Waals surface area contributed by atoms with Gasteiger partial charge in [0.05, 0.1) is 0 Å². The summed E-state index contributed by atoms with van der Waals surface area (Å²) in [5.74, 6) is 0.959. The first-order valence-electron chi connectivity index (χ1n) is 9.10. The first-order chi connectivity index (χ1) is 9.67. The second-order valence-electron chi connectivity index (χ2n) is 8.19. The van der Waals surface area contributed by atoms with Crippen molar-refractivity contribution in [2.75, 3.05) is 20.1 Å². The average Bonchev–Trinajstić information content (AvgIpc) is 3.11. The molecule has 0 amide bonds. The second kappa shape index (κ2) is 6.36. The van der Waals surface area contributed by atoms with Gasteiger partial charge in [0.15, 0.2) is 0 Å². The summed E-state index contributed by atoms with van der Waals surface area (Å²) in [7, 11) is 2.40. The Kier molecular flexibility index (Phi) is 4.72. The zero-order valence-corrected chi connectivity index (χ0v) is 13.7. The summed E-state index contributed by atoms with van der Waals surface area (Å²) < 4.78 is 0. The molecule has 0 saturated heterocycles. The van der Waals surface area contributed by atoms with E-state index in [0.29, 0.717) is 5.41 Å². The highest BCUT2D eigenvalue weighted by Crippen LogP contribution is 2.40. The van der Waals surface area contributed by atoms with Gasteiger partial charge in [-0.3, -0.25) is 0 Å². The van der Waals surface area contributed by atoms with Gasteiger partial charge in [0.1, 0.15) is 0 Å². The van der Waals surface area contributed by atoms with Crippen LogP contribution in [-0.4, -0.2) is 37.1 Å². The van der Waals surface area contributed by atoms with Crippen molar-refractivity contribution >= 4 is 0 Å². The van der Waals surface area contributed by atoms with Crippen LogP contribution in [0.25, 0.3) is 0 Å². The maximum Gasteiger partial charge on any atom is 0.00924 e. The highest BCUT2D eigenvalue weighted by molar-refractivity contribution is 4.93. The van der Waals surface area contributed by atoms with Crippen molar-refractivity contribution in [3.8, 4) is 0 Å². The number of hydrogen-bond acceptors (Lipinski definition) is 2. The van der Waals surface area contributed by atoms with Crippen LogP contribution in [0, 0.1) is 11.3 Å². The van der Waals surface area contributed by atoms with Gasteiger partial charge in [-0.05, 0) is 56.9 Å². The number of rotatable bonds is 6. The standard InChI is InChI=1S/C18H34N2/c1-15-9-11-18(12-10-15,13-19-16-7-8-16)14-20(2)17-5-3-4-6-17/h15-17,19H,3-14H2,1-2H3. The quantitative estimate of drug-likeness (QED) is 0.795. The molecule has 3 aliphatic carbocycles. The second-order valence-corrected chi connectivity index (χ2v) is 8.19. The first-order valence-corrected chi connectivity index (χ1v) is 9.10. The van der Waals surface area contributed by atoms with Crippen LogP contribution in [0.5, 0.6) is 0 Å². The Morgan fingerprint density at radius 3 is 2.25 bits per heavy atom. The Labute approximate surface area is 125 Å². The van der Waals surface area contributed by atoms with E-state index in [1.54, 1.807) is 0 Å². The van der Waals surface area contributed by atoms with E-state index in [0.717, 1.165) is 18.0 Å². The Hall–Kier alpha value is -0.0800. The SMILES string of the molecule is CC1CCC(CNC2CC2)(CN(C)C2CCCC2)CC1. The van der Waals surface area contributed by atoms with Crippen molar-refractivity contribution in [2.24, 2.45) is 11.3 Å². The Morgan fingerprint density at radius 2 is 1.65 bits per heavy atom. The van der Waals surface area contributed by atoms with Crippen LogP contribution >= 0.6 is 0 Å². The molecule has 2 nitrogen and oxygen atoms in total. The smallest absolute Gasteiger partial charge is 0.00924 e. The minimum atomic E-state index is 0.576. The zero-order chi connectivity index (χ0) is 14.0. The highest BCUT2D eigenvalue weighted by Gasteiger charge is 2.37. The molecule has 0 aromatic carbocycles. The summed E-state index contributed by atoms with van der Waals surface area (Å²) in [6.07, 6.45) is 14.4. The minimum absolute atomic E-state index is 0.576. The predicted octanol–water partition coefficient (Wildman–Crippen LogP) is 3.81. The van der Waals surface area contributed by atoms with Gasteiger partial charge >= 0.3 is 0 Å². The predicted molar refractivity (Wildman–Crippen MR) is 86.0 cm³/mol. The van der Waals surface area contributed by atoms with Crippen molar-refractivity contribution in [1.82, 2.24) is 10.2 Å². The molecule has 0 aliphatic heterocycles. The van der Waals surface area contributed by atoms with Crippen LogP contribution < -0.4 is 5.32 Å². The third kappa shape index (κ3) is 3.76. The van der Waals surface area contributed by atoms with Crippen LogP contribution in [0.15, 0.2) is 0 Å². The van der Waals surface area contributed by atoms with E-state index in [1.165, 1.54) is 77.3 Å². The van der Waals surface area contributed by atoms with Crippen molar-refractivity contribution in [3.63, 3.8) is 0 Å². The number of nitrogens with zero attached hydrogens (tertiary/aromatic N) is 1. The molecule has 2 heteroatoms. The monoisotopic (exact) mass is 278 g/mol.